The van der Waals surface area contributed by atoms with Crippen molar-refractivity contribution in [1.82, 2.24) is 4.90 Å². The van der Waals surface area contributed by atoms with Gasteiger partial charge in [-0.2, -0.15) is 0 Å². The Balaban J connectivity index is 0.00000341. The van der Waals surface area contributed by atoms with Crippen LogP contribution in [0.3, 0.4) is 0 Å². The fraction of sp³-hybridized carbons (Fsp3) is 0.259. The molecule has 1 atom stereocenters. The zero-order valence-corrected chi connectivity index (χ0v) is 19.3. The van der Waals surface area contributed by atoms with Crippen LogP contribution >= 0.6 is 12.4 Å². The van der Waals surface area contributed by atoms with E-state index in [0.29, 0.717) is 19.5 Å². The van der Waals surface area contributed by atoms with Gasteiger partial charge in [-0.15, -0.1) is 12.4 Å². The van der Waals surface area contributed by atoms with Crippen molar-refractivity contribution >= 4 is 29.7 Å². The Morgan fingerprint density at radius 1 is 0.839 bits per heavy atom. The Labute approximate surface area is 192 Å². The molecule has 3 nitrogen and oxygen atoms in total. The first-order valence-electron chi connectivity index (χ1n) is 10.6. The summed E-state index contributed by atoms with van der Waals surface area (Å²) in [5.41, 5.74) is 5.07. The van der Waals surface area contributed by atoms with Gasteiger partial charge in [0.05, 0.1) is 5.69 Å². The third kappa shape index (κ3) is 6.53. The predicted octanol–water partition coefficient (Wildman–Crippen LogP) is 6.38. The lowest BCUT2D eigenvalue weighted by Crippen LogP contribution is -2.38. The third-order valence-electron chi connectivity index (χ3n) is 5.32. The number of halogens is 1. The minimum absolute atomic E-state index is 0. The van der Waals surface area contributed by atoms with Crippen molar-refractivity contribution in [2.45, 2.75) is 33.1 Å². The quantitative estimate of drug-likeness (QED) is 0.378. The Hall–Kier alpha value is -2.91. The monoisotopic (exact) mass is 434 g/mol. The molecule has 31 heavy (non-hydrogen) atoms. The highest BCUT2D eigenvalue weighted by atomic mass is 35.5. The van der Waals surface area contributed by atoms with Gasteiger partial charge in [0, 0.05) is 25.2 Å². The van der Waals surface area contributed by atoms with Crippen LogP contribution in [0.5, 0.6) is 0 Å². The van der Waals surface area contributed by atoms with Crippen LogP contribution in [0.2, 0.25) is 0 Å². The highest BCUT2D eigenvalue weighted by molar-refractivity contribution is 6.10. The first-order chi connectivity index (χ1) is 14.6. The fourth-order valence-electron chi connectivity index (χ4n) is 3.64. The van der Waals surface area contributed by atoms with Crippen LogP contribution in [0, 0.1) is 6.92 Å². The third-order valence-corrected chi connectivity index (χ3v) is 5.32. The molecular weight excluding hydrogens is 404 g/mol. The Morgan fingerprint density at radius 2 is 1.39 bits per heavy atom. The van der Waals surface area contributed by atoms with Gasteiger partial charge in [-0.1, -0.05) is 78.4 Å². The summed E-state index contributed by atoms with van der Waals surface area (Å²) in [5, 5.41) is 0. The topological polar surface area (TPSA) is 32.7 Å². The number of carbonyl (C=O) groups excluding carboxylic acids is 1. The summed E-state index contributed by atoms with van der Waals surface area (Å²) in [6, 6.07) is 28.4. The molecule has 0 aliphatic rings. The summed E-state index contributed by atoms with van der Waals surface area (Å²) in [6.07, 6.45) is 0.626. The van der Waals surface area contributed by atoms with Gasteiger partial charge in [-0.3, -0.25) is 9.79 Å². The fourth-order valence-corrected chi connectivity index (χ4v) is 3.64. The zero-order valence-electron chi connectivity index (χ0n) is 18.5. The summed E-state index contributed by atoms with van der Waals surface area (Å²) in [4.78, 5) is 20.5. The molecule has 3 aromatic rings. The van der Waals surface area contributed by atoms with Crippen LogP contribution in [-0.2, 0) is 11.2 Å². The molecule has 3 aromatic carbocycles. The number of hydrogen-bond donors (Lipinski definition) is 0. The molecule has 0 aliphatic heterocycles. The largest absolute Gasteiger partial charge is 0.342 e. The standard InChI is InChI=1S/C27H30N2O.ClH/c1-4-29(5-2)27(30)26(23-14-10-7-11-15-23)25(20-22-12-8-6-9-13-22)28-24-18-16-21(3)17-19-24;/h6-19,26H,4-5,20H2,1-3H3;1H. The predicted molar refractivity (Wildman–Crippen MR) is 133 cm³/mol. The molecule has 0 aromatic heterocycles. The number of amides is 1. The van der Waals surface area contributed by atoms with Crippen molar-refractivity contribution in [3.05, 3.63) is 102 Å². The van der Waals surface area contributed by atoms with Gasteiger partial charge in [0.15, 0.2) is 0 Å². The molecule has 1 amide bonds. The van der Waals surface area contributed by atoms with E-state index in [-0.39, 0.29) is 18.3 Å². The molecule has 0 bridgehead atoms. The second-order valence-electron chi connectivity index (χ2n) is 7.46. The number of aryl methyl sites for hydroxylation is 1. The maximum atomic E-state index is 13.6. The summed E-state index contributed by atoms with van der Waals surface area (Å²) in [6.45, 7) is 7.48. The number of hydrogen-bond acceptors (Lipinski definition) is 2. The van der Waals surface area contributed by atoms with Crippen LogP contribution in [-0.4, -0.2) is 29.6 Å². The highest BCUT2D eigenvalue weighted by Crippen LogP contribution is 2.26. The van der Waals surface area contributed by atoms with Gasteiger partial charge in [0.25, 0.3) is 0 Å². The van der Waals surface area contributed by atoms with Crippen LogP contribution in [0.1, 0.15) is 36.5 Å². The Morgan fingerprint density at radius 3 is 1.94 bits per heavy atom. The summed E-state index contributed by atoms with van der Waals surface area (Å²) in [5.74, 6) is -0.305. The molecular formula is C27H31ClN2O. The lowest BCUT2D eigenvalue weighted by Gasteiger charge is -2.27. The summed E-state index contributed by atoms with van der Waals surface area (Å²) < 4.78 is 0. The van der Waals surface area contributed by atoms with Crippen LogP contribution in [0.4, 0.5) is 5.69 Å². The lowest BCUT2D eigenvalue weighted by atomic mass is 9.88. The molecule has 3 rings (SSSR count). The van der Waals surface area contributed by atoms with E-state index >= 15 is 0 Å². The van der Waals surface area contributed by atoms with Gasteiger partial charge in [0.2, 0.25) is 5.91 Å². The van der Waals surface area contributed by atoms with Gasteiger partial charge in [-0.25, -0.2) is 0 Å². The summed E-state index contributed by atoms with van der Waals surface area (Å²) in [7, 11) is 0. The smallest absolute Gasteiger partial charge is 0.235 e. The number of carbonyl (C=O) groups is 1. The second kappa shape index (κ2) is 12.1. The van der Waals surface area contributed by atoms with E-state index < -0.39 is 5.92 Å². The molecule has 0 heterocycles. The number of likely N-dealkylation sites (N-methyl/N-ethyl adjacent to an activating group) is 1. The first kappa shape index (κ1) is 24.4. The first-order valence-corrected chi connectivity index (χ1v) is 10.6. The minimum Gasteiger partial charge on any atom is -0.342 e. The van der Waals surface area contributed by atoms with E-state index in [1.54, 1.807) is 0 Å². The number of benzene rings is 3. The molecule has 0 saturated heterocycles. The highest BCUT2D eigenvalue weighted by Gasteiger charge is 2.29. The number of aliphatic imine (C=N–C) groups is 1. The molecule has 0 radical (unpaired) electrons. The molecule has 0 aliphatic carbocycles. The Kier molecular flexibility index (Phi) is 9.48. The average molecular weight is 435 g/mol. The van der Waals surface area contributed by atoms with Gasteiger partial charge in [0.1, 0.15) is 5.92 Å². The van der Waals surface area contributed by atoms with Gasteiger partial charge >= 0.3 is 0 Å². The van der Waals surface area contributed by atoms with Crippen molar-refractivity contribution in [3.63, 3.8) is 0 Å². The number of nitrogens with zero attached hydrogens (tertiary/aromatic N) is 2. The van der Waals surface area contributed by atoms with Crippen molar-refractivity contribution in [1.29, 1.82) is 0 Å². The molecule has 4 heteroatoms. The summed E-state index contributed by atoms with van der Waals surface area (Å²) >= 11 is 0. The van der Waals surface area contributed by atoms with Gasteiger partial charge < -0.3 is 4.90 Å². The maximum absolute atomic E-state index is 13.6. The normalized spacial score (nSPS) is 12.0. The lowest BCUT2D eigenvalue weighted by molar-refractivity contribution is -0.130. The van der Waals surface area contributed by atoms with E-state index in [9.17, 15) is 4.79 Å². The molecule has 0 saturated carbocycles. The van der Waals surface area contributed by atoms with Crippen molar-refractivity contribution < 1.29 is 4.79 Å². The number of rotatable bonds is 8. The molecule has 0 N–H and O–H groups in total. The van der Waals surface area contributed by atoms with E-state index in [1.807, 2.05) is 79.4 Å². The molecule has 1 unspecified atom stereocenters. The maximum Gasteiger partial charge on any atom is 0.235 e. The molecule has 0 spiro atoms. The minimum atomic E-state index is -0.410. The molecule has 162 valence electrons. The van der Waals surface area contributed by atoms with E-state index in [2.05, 4.69) is 31.2 Å². The van der Waals surface area contributed by atoms with Crippen LogP contribution in [0.15, 0.2) is 89.9 Å². The average Bonchev–Trinajstić information content (AvgIpc) is 2.78. The van der Waals surface area contributed by atoms with E-state index in [1.165, 1.54) is 5.56 Å². The second-order valence-corrected chi connectivity index (χ2v) is 7.46. The van der Waals surface area contributed by atoms with Crippen molar-refractivity contribution in [2.24, 2.45) is 4.99 Å². The van der Waals surface area contributed by atoms with Crippen LogP contribution in [0.25, 0.3) is 0 Å². The van der Waals surface area contributed by atoms with Gasteiger partial charge in [-0.05, 0) is 44.0 Å². The van der Waals surface area contributed by atoms with Crippen LogP contribution < -0.4 is 0 Å². The van der Waals surface area contributed by atoms with E-state index in [4.69, 9.17) is 4.99 Å². The van der Waals surface area contributed by atoms with Crippen molar-refractivity contribution in [3.8, 4) is 0 Å². The van der Waals surface area contributed by atoms with E-state index in [0.717, 1.165) is 22.5 Å². The molecule has 0 fully saturated rings. The zero-order chi connectivity index (χ0) is 21.3. The Bertz CT molecular complexity index is 965. The van der Waals surface area contributed by atoms with Crippen molar-refractivity contribution in [2.75, 3.05) is 13.1 Å². The SMILES string of the molecule is CCN(CC)C(=O)C(C(Cc1ccccc1)=Nc1ccc(C)cc1)c1ccccc1.Cl.